The molecule has 0 N–H and O–H groups in total. The van der Waals surface area contributed by atoms with E-state index < -0.39 is 0 Å². The summed E-state index contributed by atoms with van der Waals surface area (Å²) in [6.07, 6.45) is 0. The predicted octanol–water partition coefficient (Wildman–Crippen LogP) is -2.03. The van der Waals surface area contributed by atoms with E-state index in [1.165, 1.54) is 19.1 Å². The van der Waals surface area contributed by atoms with Gasteiger partial charge in [0, 0.05) is 5.56 Å². The van der Waals surface area contributed by atoms with Crippen molar-refractivity contribution >= 4 is 5.78 Å². The van der Waals surface area contributed by atoms with Crippen molar-refractivity contribution in [3.63, 3.8) is 0 Å². The van der Waals surface area contributed by atoms with Crippen LogP contribution in [0, 0.1) is 0 Å². The van der Waals surface area contributed by atoms with Crippen LogP contribution in [0.3, 0.4) is 0 Å². The van der Waals surface area contributed by atoms with Gasteiger partial charge in [0.15, 0.2) is 5.78 Å². The first-order valence-corrected chi connectivity index (χ1v) is 2.98. The third-order valence-corrected chi connectivity index (χ3v) is 1.24. The zero-order valence-electron chi connectivity index (χ0n) is 6.63. The van der Waals surface area contributed by atoms with E-state index in [-0.39, 0.29) is 41.1 Å². The van der Waals surface area contributed by atoms with Crippen LogP contribution < -0.4 is 34.7 Å². The quantitative estimate of drug-likeness (QED) is 0.349. The number of benzene rings is 1. The van der Waals surface area contributed by atoms with Gasteiger partial charge in [-0.1, -0.05) is 24.3 Å². The molecule has 0 aromatic heterocycles. The standard InChI is InChI=1S/C8H8O2.Na/c1-6(9)7-3-2-4-8(10)5-7;/h2-5,10H,1H3;/q;+1/p-1. The summed E-state index contributed by atoms with van der Waals surface area (Å²) < 4.78 is 0. The first kappa shape index (κ1) is 10.7. The van der Waals surface area contributed by atoms with E-state index >= 15 is 0 Å². The molecule has 2 nitrogen and oxygen atoms in total. The van der Waals surface area contributed by atoms with Gasteiger partial charge in [-0.3, -0.25) is 4.79 Å². The van der Waals surface area contributed by atoms with E-state index in [0.717, 1.165) is 0 Å². The van der Waals surface area contributed by atoms with Crippen molar-refractivity contribution in [3.8, 4) is 5.75 Å². The number of carbonyl (C=O) groups excluding carboxylic acids is 1. The molecule has 0 atom stereocenters. The number of hydrogen-bond donors (Lipinski definition) is 0. The van der Waals surface area contributed by atoms with E-state index in [1.807, 2.05) is 0 Å². The molecule has 52 valence electrons. The van der Waals surface area contributed by atoms with Crippen LogP contribution in [-0.2, 0) is 0 Å². The van der Waals surface area contributed by atoms with E-state index in [2.05, 4.69) is 0 Å². The van der Waals surface area contributed by atoms with Crippen molar-refractivity contribution in [1.29, 1.82) is 0 Å². The molecule has 1 rings (SSSR count). The van der Waals surface area contributed by atoms with Crippen LogP contribution in [-0.4, -0.2) is 5.78 Å². The van der Waals surface area contributed by atoms with Crippen LogP contribution in [0.5, 0.6) is 5.75 Å². The molecular formula is C8H7NaO2. The van der Waals surface area contributed by atoms with E-state index in [9.17, 15) is 9.90 Å². The Morgan fingerprint density at radius 2 is 2.09 bits per heavy atom. The summed E-state index contributed by atoms with van der Waals surface area (Å²) in [6, 6.07) is 5.97. The Labute approximate surface area is 87.5 Å². The van der Waals surface area contributed by atoms with Crippen LogP contribution >= 0.6 is 0 Å². The number of ketones is 1. The summed E-state index contributed by atoms with van der Waals surface area (Å²) in [5.41, 5.74) is 0.479. The normalized spacial score (nSPS) is 8.45. The van der Waals surface area contributed by atoms with E-state index in [1.54, 1.807) is 12.1 Å². The van der Waals surface area contributed by atoms with E-state index in [4.69, 9.17) is 0 Å². The maximum atomic E-state index is 10.7. The SMILES string of the molecule is CC(=O)c1cccc([O-])c1.[Na+]. The summed E-state index contributed by atoms with van der Waals surface area (Å²) in [6.45, 7) is 1.44. The maximum absolute atomic E-state index is 10.7. The molecule has 0 aliphatic heterocycles. The molecule has 0 spiro atoms. The topological polar surface area (TPSA) is 40.1 Å². The monoisotopic (exact) mass is 158 g/mol. The third-order valence-electron chi connectivity index (χ3n) is 1.24. The number of hydrogen-bond acceptors (Lipinski definition) is 2. The Balaban J connectivity index is 0.000001000. The minimum atomic E-state index is -0.118. The molecule has 0 bridgehead atoms. The fourth-order valence-electron chi connectivity index (χ4n) is 0.715. The Kier molecular flexibility index (Phi) is 4.42. The average Bonchev–Trinajstić information content (AvgIpc) is 1.88. The zero-order chi connectivity index (χ0) is 7.56. The largest absolute Gasteiger partial charge is 1.00 e. The smallest absolute Gasteiger partial charge is 0.872 e. The maximum Gasteiger partial charge on any atom is 1.00 e. The van der Waals surface area contributed by atoms with E-state index in [0.29, 0.717) is 5.56 Å². The second kappa shape index (κ2) is 4.54. The molecule has 0 saturated carbocycles. The molecule has 0 fully saturated rings. The van der Waals surface area contributed by atoms with Gasteiger partial charge in [-0.25, -0.2) is 0 Å². The molecule has 0 saturated heterocycles. The summed E-state index contributed by atoms with van der Waals surface area (Å²) in [7, 11) is 0. The number of rotatable bonds is 1. The van der Waals surface area contributed by atoms with Gasteiger partial charge in [0.2, 0.25) is 0 Å². The Bertz CT molecular complexity index is 258. The summed E-state index contributed by atoms with van der Waals surface area (Å²) in [5.74, 6) is -0.189. The van der Waals surface area contributed by atoms with Gasteiger partial charge in [0.05, 0.1) is 0 Å². The van der Waals surface area contributed by atoms with Crippen LogP contribution in [0.15, 0.2) is 24.3 Å². The molecule has 0 unspecified atom stereocenters. The molecule has 1 aromatic rings. The van der Waals surface area contributed by atoms with Crippen LogP contribution in [0.1, 0.15) is 17.3 Å². The van der Waals surface area contributed by atoms with Crippen molar-refractivity contribution in [2.45, 2.75) is 6.92 Å². The summed E-state index contributed by atoms with van der Waals surface area (Å²) >= 11 is 0. The van der Waals surface area contributed by atoms with Crippen molar-refractivity contribution in [1.82, 2.24) is 0 Å². The fraction of sp³-hybridized carbons (Fsp3) is 0.125. The minimum absolute atomic E-state index is 0. The third kappa shape index (κ3) is 3.06. The first-order chi connectivity index (χ1) is 4.70. The molecule has 1 aromatic carbocycles. The van der Waals surface area contributed by atoms with Gasteiger partial charge in [0.25, 0.3) is 0 Å². The average molecular weight is 158 g/mol. The van der Waals surface area contributed by atoms with Gasteiger partial charge in [-0.15, -0.1) is 5.75 Å². The molecule has 0 aliphatic carbocycles. The van der Waals surface area contributed by atoms with Gasteiger partial charge in [-0.2, -0.15) is 0 Å². The van der Waals surface area contributed by atoms with Crippen molar-refractivity contribution in [2.75, 3.05) is 0 Å². The molecule has 0 aliphatic rings. The van der Waals surface area contributed by atoms with Crippen molar-refractivity contribution < 1.29 is 39.5 Å². The molecule has 11 heavy (non-hydrogen) atoms. The van der Waals surface area contributed by atoms with Gasteiger partial charge >= 0.3 is 29.6 Å². The van der Waals surface area contributed by atoms with Gasteiger partial charge in [-0.05, 0) is 6.92 Å². The minimum Gasteiger partial charge on any atom is -0.872 e. The van der Waals surface area contributed by atoms with Crippen LogP contribution in [0.2, 0.25) is 0 Å². The Morgan fingerprint density at radius 1 is 1.45 bits per heavy atom. The van der Waals surface area contributed by atoms with Crippen molar-refractivity contribution in [3.05, 3.63) is 29.8 Å². The summed E-state index contributed by atoms with van der Waals surface area (Å²) in [5, 5.41) is 10.6. The van der Waals surface area contributed by atoms with Gasteiger partial charge < -0.3 is 5.11 Å². The van der Waals surface area contributed by atoms with Crippen molar-refractivity contribution in [2.24, 2.45) is 0 Å². The molecule has 0 radical (unpaired) electrons. The van der Waals surface area contributed by atoms with Gasteiger partial charge in [0.1, 0.15) is 0 Å². The second-order valence-corrected chi connectivity index (χ2v) is 2.08. The number of carbonyl (C=O) groups is 1. The number of Topliss-reactive ketones (excluding diaryl/α,β-unsaturated/α-hetero) is 1. The molecule has 0 amide bonds. The summed E-state index contributed by atoms with van der Waals surface area (Å²) in [4.78, 5) is 10.7. The molecular weight excluding hydrogens is 151 g/mol. The van der Waals surface area contributed by atoms with Crippen LogP contribution in [0.25, 0.3) is 0 Å². The Morgan fingerprint density at radius 3 is 2.45 bits per heavy atom. The first-order valence-electron chi connectivity index (χ1n) is 2.98. The second-order valence-electron chi connectivity index (χ2n) is 2.08. The molecule has 3 heteroatoms. The predicted molar refractivity (Wildman–Crippen MR) is 35.9 cm³/mol. The fourth-order valence-corrected chi connectivity index (χ4v) is 0.715. The van der Waals surface area contributed by atoms with Crippen LogP contribution in [0.4, 0.5) is 0 Å². The zero-order valence-corrected chi connectivity index (χ0v) is 8.63. The molecule has 0 heterocycles. The Hall–Kier alpha value is -0.310.